The molecule has 1 fully saturated rings. The second-order valence-electron chi connectivity index (χ2n) is 6.07. The largest absolute Gasteiger partial charge is 0.416 e. The van der Waals surface area contributed by atoms with E-state index in [0.717, 1.165) is 44.4 Å². The van der Waals surface area contributed by atoms with Gasteiger partial charge in [0.1, 0.15) is 0 Å². The molecule has 0 N–H and O–H groups in total. The number of nitrogens with zero attached hydrogens (tertiary/aromatic N) is 3. The van der Waals surface area contributed by atoms with Gasteiger partial charge in [-0.25, -0.2) is 0 Å². The summed E-state index contributed by atoms with van der Waals surface area (Å²) in [7, 11) is 0. The highest BCUT2D eigenvalue weighted by molar-refractivity contribution is 5.29. The van der Waals surface area contributed by atoms with E-state index in [0.29, 0.717) is 12.1 Å². The van der Waals surface area contributed by atoms with E-state index in [-0.39, 0.29) is 0 Å². The second kappa shape index (κ2) is 7.32. The minimum atomic E-state index is -4.29. The smallest absolute Gasteiger partial charge is 0.297 e. The summed E-state index contributed by atoms with van der Waals surface area (Å²) in [4.78, 5) is 8.51. The van der Waals surface area contributed by atoms with Crippen molar-refractivity contribution in [2.45, 2.75) is 19.3 Å². The first kappa shape index (κ1) is 16.9. The van der Waals surface area contributed by atoms with E-state index in [9.17, 15) is 13.2 Å². The van der Waals surface area contributed by atoms with E-state index in [1.54, 1.807) is 18.3 Å². The van der Waals surface area contributed by atoms with Crippen molar-refractivity contribution in [1.82, 2.24) is 14.8 Å². The Bertz CT molecular complexity index is 650. The summed E-state index contributed by atoms with van der Waals surface area (Å²) < 4.78 is 39.2. The number of benzene rings is 1. The zero-order chi connectivity index (χ0) is 17.0. The molecule has 1 aromatic carbocycles. The monoisotopic (exact) mass is 335 g/mol. The van der Waals surface area contributed by atoms with Gasteiger partial charge in [-0.2, -0.15) is 13.2 Å². The minimum Gasteiger partial charge on any atom is -0.297 e. The molecule has 2 heterocycles. The summed E-state index contributed by atoms with van der Waals surface area (Å²) in [6, 6.07) is 9.80. The molecule has 0 radical (unpaired) electrons. The highest BCUT2D eigenvalue weighted by atomic mass is 19.4. The number of hydrogen-bond acceptors (Lipinski definition) is 3. The van der Waals surface area contributed by atoms with Gasteiger partial charge in [-0.1, -0.05) is 24.3 Å². The van der Waals surface area contributed by atoms with Crippen LogP contribution in [0.3, 0.4) is 0 Å². The molecule has 24 heavy (non-hydrogen) atoms. The van der Waals surface area contributed by atoms with Crippen molar-refractivity contribution >= 4 is 0 Å². The van der Waals surface area contributed by atoms with Gasteiger partial charge in [-0.15, -0.1) is 0 Å². The maximum atomic E-state index is 13.1. The SMILES string of the molecule is FC(F)(F)c1ccccc1CN1CCN(Cc2cccnc2)CC1. The van der Waals surface area contributed by atoms with Crippen LogP contribution in [0.4, 0.5) is 13.2 Å². The van der Waals surface area contributed by atoms with E-state index in [2.05, 4.69) is 14.8 Å². The Hall–Kier alpha value is -1.92. The van der Waals surface area contributed by atoms with Crippen LogP contribution < -0.4 is 0 Å². The van der Waals surface area contributed by atoms with E-state index < -0.39 is 11.7 Å². The average molecular weight is 335 g/mol. The van der Waals surface area contributed by atoms with Crippen LogP contribution in [0, 0.1) is 0 Å². The van der Waals surface area contributed by atoms with E-state index >= 15 is 0 Å². The van der Waals surface area contributed by atoms with Crippen molar-refractivity contribution in [2.75, 3.05) is 26.2 Å². The maximum Gasteiger partial charge on any atom is 0.416 e. The zero-order valence-corrected chi connectivity index (χ0v) is 13.3. The van der Waals surface area contributed by atoms with Crippen molar-refractivity contribution in [3.63, 3.8) is 0 Å². The molecule has 2 aromatic rings. The second-order valence-corrected chi connectivity index (χ2v) is 6.07. The lowest BCUT2D eigenvalue weighted by atomic mass is 10.1. The standard InChI is InChI=1S/C18H20F3N3/c19-18(20,21)17-6-2-1-5-16(17)14-24-10-8-23(9-11-24)13-15-4-3-7-22-12-15/h1-7,12H,8-11,13-14H2. The fraction of sp³-hybridized carbons (Fsp3) is 0.389. The lowest BCUT2D eigenvalue weighted by molar-refractivity contribution is -0.138. The third-order valence-corrected chi connectivity index (χ3v) is 4.31. The highest BCUT2D eigenvalue weighted by Crippen LogP contribution is 2.32. The summed E-state index contributed by atoms with van der Waals surface area (Å²) >= 11 is 0. The maximum absolute atomic E-state index is 13.1. The van der Waals surface area contributed by atoms with Crippen LogP contribution in [0.15, 0.2) is 48.8 Å². The van der Waals surface area contributed by atoms with E-state index in [1.807, 2.05) is 18.3 Å². The number of aromatic nitrogens is 1. The van der Waals surface area contributed by atoms with E-state index in [4.69, 9.17) is 0 Å². The molecule has 3 nitrogen and oxygen atoms in total. The third-order valence-electron chi connectivity index (χ3n) is 4.31. The number of piperazine rings is 1. The van der Waals surface area contributed by atoms with Crippen molar-refractivity contribution < 1.29 is 13.2 Å². The fourth-order valence-electron chi connectivity index (χ4n) is 3.03. The van der Waals surface area contributed by atoms with Crippen LogP contribution in [0.2, 0.25) is 0 Å². The molecular formula is C18H20F3N3. The van der Waals surface area contributed by atoms with Gasteiger partial charge < -0.3 is 0 Å². The lowest BCUT2D eigenvalue weighted by Crippen LogP contribution is -2.45. The van der Waals surface area contributed by atoms with Gasteiger partial charge in [0.05, 0.1) is 5.56 Å². The minimum absolute atomic E-state index is 0.344. The van der Waals surface area contributed by atoms with Crippen LogP contribution in [0.5, 0.6) is 0 Å². The Labute approximate surface area is 139 Å². The topological polar surface area (TPSA) is 19.4 Å². The van der Waals surface area contributed by atoms with Gasteiger partial charge in [0, 0.05) is 51.7 Å². The van der Waals surface area contributed by atoms with Crippen LogP contribution in [-0.4, -0.2) is 41.0 Å². The number of halogens is 3. The Kier molecular flexibility index (Phi) is 5.16. The Morgan fingerprint density at radius 1 is 0.875 bits per heavy atom. The van der Waals surface area contributed by atoms with Crippen LogP contribution in [0.25, 0.3) is 0 Å². The normalized spacial score (nSPS) is 17.1. The summed E-state index contributed by atoms with van der Waals surface area (Å²) in [5, 5.41) is 0. The van der Waals surface area contributed by atoms with Gasteiger partial charge in [-0.3, -0.25) is 14.8 Å². The van der Waals surface area contributed by atoms with Gasteiger partial charge in [0.25, 0.3) is 0 Å². The van der Waals surface area contributed by atoms with Crippen molar-refractivity contribution in [1.29, 1.82) is 0 Å². The molecule has 1 saturated heterocycles. The summed E-state index contributed by atoms with van der Waals surface area (Å²) in [6.45, 7) is 4.42. The Morgan fingerprint density at radius 2 is 1.54 bits per heavy atom. The summed E-state index contributed by atoms with van der Waals surface area (Å²) in [5.74, 6) is 0. The molecule has 6 heteroatoms. The summed E-state index contributed by atoms with van der Waals surface area (Å²) in [5.41, 5.74) is 0.988. The van der Waals surface area contributed by atoms with Crippen molar-refractivity contribution in [2.24, 2.45) is 0 Å². The molecule has 0 bridgehead atoms. The molecule has 1 aromatic heterocycles. The number of hydrogen-bond donors (Lipinski definition) is 0. The molecule has 0 saturated carbocycles. The number of alkyl halides is 3. The van der Waals surface area contributed by atoms with Gasteiger partial charge >= 0.3 is 6.18 Å². The molecule has 1 aliphatic heterocycles. The lowest BCUT2D eigenvalue weighted by Gasteiger charge is -2.35. The molecule has 0 spiro atoms. The molecular weight excluding hydrogens is 315 g/mol. The quantitative estimate of drug-likeness (QED) is 0.853. The summed E-state index contributed by atoms with van der Waals surface area (Å²) in [6.07, 6.45) is -0.690. The molecule has 0 unspecified atom stereocenters. The van der Waals surface area contributed by atoms with Crippen LogP contribution in [0.1, 0.15) is 16.7 Å². The number of rotatable bonds is 4. The fourth-order valence-corrected chi connectivity index (χ4v) is 3.03. The molecule has 1 aliphatic rings. The molecule has 0 amide bonds. The Balaban J connectivity index is 1.56. The Morgan fingerprint density at radius 3 is 2.17 bits per heavy atom. The first-order valence-electron chi connectivity index (χ1n) is 8.01. The van der Waals surface area contributed by atoms with E-state index in [1.165, 1.54) is 6.07 Å². The number of pyridine rings is 1. The van der Waals surface area contributed by atoms with Crippen molar-refractivity contribution in [3.05, 3.63) is 65.5 Å². The van der Waals surface area contributed by atoms with Crippen LogP contribution in [-0.2, 0) is 19.3 Å². The average Bonchev–Trinajstić information content (AvgIpc) is 2.57. The highest BCUT2D eigenvalue weighted by Gasteiger charge is 2.33. The van der Waals surface area contributed by atoms with Crippen molar-refractivity contribution in [3.8, 4) is 0 Å². The predicted molar refractivity (Wildman–Crippen MR) is 86.2 cm³/mol. The predicted octanol–water partition coefficient (Wildman–Crippen LogP) is 3.42. The first-order valence-corrected chi connectivity index (χ1v) is 8.01. The third kappa shape index (κ3) is 4.33. The zero-order valence-electron chi connectivity index (χ0n) is 13.3. The van der Waals surface area contributed by atoms with Gasteiger partial charge in [-0.05, 0) is 23.3 Å². The molecule has 0 atom stereocenters. The molecule has 0 aliphatic carbocycles. The van der Waals surface area contributed by atoms with Gasteiger partial charge in [0.15, 0.2) is 0 Å². The molecule has 128 valence electrons. The van der Waals surface area contributed by atoms with Crippen LogP contribution >= 0.6 is 0 Å². The first-order chi connectivity index (χ1) is 11.5. The molecule has 3 rings (SSSR count). The van der Waals surface area contributed by atoms with Gasteiger partial charge in [0.2, 0.25) is 0 Å².